The Morgan fingerprint density at radius 2 is 2.00 bits per heavy atom. The van der Waals surface area contributed by atoms with Crippen molar-refractivity contribution < 1.29 is 18.0 Å². The van der Waals surface area contributed by atoms with Crippen LogP contribution in [0.4, 0.5) is 29.9 Å². The van der Waals surface area contributed by atoms with Crippen molar-refractivity contribution in [3.05, 3.63) is 21.9 Å². The zero-order chi connectivity index (χ0) is 21.6. The summed E-state index contributed by atoms with van der Waals surface area (Å²) in [6.45, 7) is 0.291. The summed E-state index contributed by atoms with van der Waals surface area (Å²) in [5, 5.41) is 6.03. The standard InChI is InChI=1S/C14H11B3ClF3N6OS/c1-22-7-5(13(19,20)21)4-24-11(26-7)27-8-6(18)25-10(29-8)12(14(15,16)17)2-3-23-9(12)28/h4H,2-3H2,1H3,(H,23,28)(H2,22,24,26,27)/t12-/m0/s1. The van der Waals surface area contributed by atoms with Crippen molar-refractivity contribution in [2.24, 2.45) is 0 Å². The van der Waals surface area contributed by atoms with Gasteiger partial charge in [-0.1, -0.05) is 22.9 Å². The number of nitrogens with one attached hydrogen (secondary N) is 3. The first-order chi connectivity index (χ1) is 13.4. The lowest BCUT2D eigenvalue weighted by Crippen LogP contribution is -2.47. The molecule has 1 aliphatic rings. The Hall–Kier alpha value is -1.95. The molecule has 1 aliphatic heterocycles. The molecule has 1 saturated heterocycles. The lowest BCUT2D eigenvalue weighted by Gasteiger charge is -2.39. The number of halogens is 4. The number of aromatic nitrogens is 3. The molecule has 2 aromatic heterocycles. The summed E-state index contributed by atoms with van der Waals surface area (Å²) >= 11 is 7.07. The predicted molar refractivity (Wildman–Crippen MR) is 106 cm³/mol. The van der Waals surface area contributed by atoms with Gasteiger partial charge in [0.15, 0.2) is 5.15 Å². The average molecular weight is 436 g/mol. The van der Waals surface area contributed by atoms with Crippen LogP contribution in [0.1, 0.15) is 17.0 Å². The fourth-order valence-electron chi connectivity index (χ4n) is 2.93. The second-order valence-corrected chi connectivity index (χ2v) is 7.67. The third-order valence-corrected chi connectivity index (χ3v) is 5.94. The number of alkyl halides is 3. The molecule has 0 saturated carbocycles. The first-order valence-electron chi connectivity index (χ1n) is 8.11. The zero-order valence-corrected chi connectivity index (χ0v) is 16.5. The molecule has 0 bridgehead atoms. The topological polar surface area (TPSA) is 91.8 Å². The van der Waals surface area contributed by atoms with E-state index in [2.05, 4.69) is 30.9 Å². The van der Waals surface area contributed by atoms with Crippen LogP contribution >= 0.6 is 22.9 Å². The van der Waals surface area contributed by atoms with Gasteiger partial charge >= 0.3 is 6.18 Å². The molecule has 29 heavy (non-hydrogen) atoms. The van der Waals surface area contributed by atoms with E-state index in [1.54, 1.807) is 0 Å². The molecular weight excluding hydrogens is 425 g/mol. The molecule has 0 unspecified atom stereocenters. The van der Waals surface area contributed by atoms with Crippen molar-refractivity contribution >= 4 is 69.2 Å². The third-order valence-electron chi connectivity index (χ3n) is 4.42. The summed E-state index contributed by atoms with van der Waals surface area (Å²) in [6, 6.07) is 0. The third kappa shape index (κ3) is 3.79. The molecule has 1 atom stereocenters. The number of nitrogens with zero attached hydrogens (tertiary/aromatic N) is 3. The highest BCUT2D eigenvalue weighted by molar-refractivity contribution is 7.16. The van der Waals surface area contributed by atoms with Crippen LogP contribution in [-0.2, 0) is 16.4 Å². The summed E-state index contributed by atoms with van der Waals surface area (Å²) in [7, 11) is 18.9. The number of anilines is 3. The van der Waals surface area contributed by atoms with Crippen LogP contribution in [0.15, 0.2) is 6.20 Å². The zero-order valence-electron chi connectivity index (χ0n) is 14.9. The van der Waals surface area contributed by atoms with Crippen LogP contribution in [0.3, 0.4) is 0 Å². The maximum Gasteiger partial charge on any atom is 0.421 e. The highest BCUT2D eigenvalue weighted by Crippen LogP contribution is 2.49. The Balaban J connectivity index is 1.97. The monoisotopic (exact) mass is 436 g/mol. The molecule has 7 nitrogen and oxygen atoms in total. The Morgan fingerprint density at radius 1 is 1.31 bits per heavy atom. The summed E-state index contributed by atoms with van der Waals surface area (Å²) in [6.07, 6.45) is -3.80. The minimum Gasteiger partial charge on any atom is -0.372 e. The van der Waals surface area contributed by atoms with Gasteiger partial charge in [0.05, 0.1) is 29.0 Å². The molecule has 0 aliphatic carbocycles. The van der Waals surface area contributed by atoms with E-state index in [-0.39, 0.29) is 27.5 Å². The highest BCUT2D eigenvalue weighted by atomic mass is 35.5. The smallest absolute Gasteiger partial charge is 0.372 e. The lowest BCUT2D eigenvalue weighted by atomic mass is 9.32. The van der Waals surface area contributed by atoms with E-state index in [4.69, 9.17) is 35.1 Å². The molecule has 6 radical (unpaired) electrons. The molecule has 3 N–H and O–H groups in total. The molecular formula is C14H11B3ClF3N6OS. The van der Waals surface area contributed by atoms with E-state index in [1.807, 2.05) is 0 Å². The Labute approximate surface area is 176 Å². The van der Waals surface area contributed by atoms with Gasteiger partial charge in [0.25, 0.3) is 0 Å². The van der Waals surface area contributed by atoms with Crippen molar-refractivity contribution in [1.29, 1.82) is 0 Å². The number of amides is 1. The quantitative estimate of drug-likeness (QED) is 0.619. The van der Waals surface area contributed by atoms with Gasteiger partial charge in [-0.15, -0.1) is 5.11 Å². The van der Waals surface area contributed by atoms with E-state index < -0.39 is 34.0 Å². The van der Waals surface area contributed by atoms with E-state index in [9.17, 15) is 18.0 Å². The minimum absolute atomic E-state index is 0.0668. The molecule has 15 heteroatoms. The molecule has 3 rings (SSSR count). The number of rotatable bonds is 5. The predicted octanol–water partition coefficient (Wildman–Crippen LogP) is 1.73. The van der Waals surface area contributed by atoms with Gasteiger partial charge in [0, 0.05) is 19.8 Å². The average Bonchev–Trinajstić information content (AvgIpc) is 3.17. The minimum atomic E-state index is -4.62. The Bertz CT molecular complexity index is 954. The summed E-state index contributed by atoms with van der Waals surface area (Å²) < 4.78 is 38.9. The van der Waals surface area contributed by atoms with Crippen LogP contribution in [-0.4, -0.2) is 58.0 Å². The maximum absolute atomic E-state index is 13.0. The molecule has 2 aromatic rings. The Morgan fingerprint density at radius 3 is 2.52 bits per heavy atom. The van der Waals surface area contributed by atoms with Gasteiger partial charge in [0.1, 0.15) is 21.4 Å². The molecule has 0 aromatic carbocycles. The van der Waals surface area contributed by atoms with Gasteiger partial charge in [-0.25, -0.2) is 9.97 Å². The van der Waals surface area contributed by atoms with Crippen molar-refractivity contribution in [3.8, 4) is 0 Å². The van der Waals surface area contributed by atoms with Crippen molar-refractivity contribution in [1.82, 2.24) is 20.3 Å². The molecule has 0 spiro atoms. The van der Waals surface area contributed by atoms with Gasteiger partial charge < -0.3 is 16.0 Å². The number of carbonyl (C=O) groups excluding carboxylic acids is 1. The van der Waals surface area contributed by atoms with E-state index in [0.717, 1.165) is 11.3 Å². The first kappa shape index (κ1) is 21.8. The van der Waals surface area contributed by atoms with E-state index >= 15 is 0 Å². The fourth-order valence-corrected chi connectivity index (χ4v) is 4.38. The van der Waals surface area contributed by atoms with Crippen molar-refractivity contribution in [2.75, 3.05) is 24.2 Å². The number of hydrogen-bond donors (Lipinski definition) is 3. The van der Waals surface area contributed by atoms with Gasteiger partial charge in [-0.05, 0) is 6.42 Å². The van der Waals surface area contributed by atoms with Crippen molar-refractivity contribution in [2.45, 2.75) is 23.1 Å². The first-order valence-corrected chi connectivity index (χ1v) is 9.30. The van der Waals surface area contributed by atoms with Gasteiger partial charge in [0.2, 0.25) is 11.9 Å². The molecule has 1 fully saturated rings. The van der Waals surface area contributed by atoms with E-state index in [0.29, 0.717) is 12.7 Å². The lowest BCUT2D eigenvalue weighted by molar-refractivity contribution is -0.137. The van der Waals surface area contributed by atoms with Crippen LogP contribution in [0.5, 0.6) is 0 Å². The number of carbonyl (C=O) groups is 1. The number of hydrogen-bond acceptors (Lipinski definition) is 7. The summed E-state index contributed by atoms with van der Waals surface area (Å²) in [5.74, 6) is -1.08. The van der Waals surface area contributed by atoms with Crippen LogP contribution in [0.2, 0.25) is 10.3 Å². The normalized spacial score (nSPS) is 19.8. The molecule has 1 amide bonds. The SMILES string of the molecule is [B]C([B])([B])[C@@]1(c2nc(Cl)c(Nc3ncc(C(F)(F)F)c(NC)n3)s2)CCNC1=O. The molecule has 3 heterocycles. The second kappa shape index (κ2) is 7.39. The number of thiazole rings is 1. The highest BCUT2D eigenvalue weighted by Gasteiger charge is 2.53. The van der Waals surface area contributed by atoms with Crippen LogP contribution in [0, 0.1) is 0 Å². The van der Waals surface area contributed by atoms with E-state index in [1.165, 1.54) is 7.05 Å². The van der Waals surface area contributed by atoms with Crippen LogP contribution < -0.4 is 16.0 Å². The second-order valence-electron chi connectivity index (χ2n) is 6.31. The van der Waals surface area contributed by atoms with Crippen LogP contribution in [0.25, 0.3) is 0 Å². The largest absolute Gasteiger partial charge is 0.421 e. The fraction of sp³-hybridized carbons (Fsp3) is 0.429. The summed E-state index contributed by atoms with van der Waals surface area (Å²) in [5.41, 5.74) is -2.54. The van der Waals surface area contributed by atoms with Crippen molar-refractivity contribution in [3.63, 3.8) is 0 Å². The van der Waals surface area contributed by atoms with Gasteiger partial charge in [-0.2, -0.15) is 18.2 Å². The molecule has 146 valence electrons. The maximum atomic E-state index is 13.0. The summed E-state index contributed by atoms with van der Waals surface area (Å²) in [4.78, 5) is 24.1. The Kier molecular flexibility index (Phi) is 5.54. The van der Waals surface area contributed by atoms with Gasteiger partial charge in [-0.3, -0.25) is 4.79 Å².